The van der Waals surface area contributed by atoms with Crippen molar-refractivity contribution in [1.29, 1.82) is 0 Å². The Balaban J connectivity index is 2.58. The van der Waals surface area contributed by atoms with E-state index in [9.17, 15) is 9.18 Å². The van der Waals surface area contributed by atoms with Crippen LogP contribution in [0.4, 0.5) is 4.39 Å². The number of halogens is 3. The molecule has 0 amide bonds. The molecule has 0 fully saturated rings. The van der Waals surface area contributed by atoms with E-state index >= 15 is 0 Å². The van der Waals surface area contributed by atoms with Gasteiger partial charge in [0, 0.05) is 14.5 Å². The van der Waals surface area contributed by atoms with Crippen molar-refractivity contribution in [3.63, 3.8) is 0 Å². The van der Waals surface area contributed by atoms with Gasteiger partial charge in [0.1, 0.15) is 11.6 Å². The highest BCUT2D eigenvalue weighted by Crippen LogP contribution is 2.30. The highest BCUT2D eigenvalue weighted by molar-refractivity contribution is 9.10. The number of carbonyl (C=O) groups is 1. The monoisotopic (exact) mass is 400 g/mol. The molecular formula is C15H11Br2FO2. The van der Waals surface area contributed by atoms with Crippen molar-refractivity contribution in [3.05, 3.63) is 61.8 Å². The van der Waals surface area contributed by atoms with Gasteiger partial charge in [-0.25, -0.2) is 4.39 Å². The first kappa shape index (κ1) is 15.2. The van der Waals surface area contributed by atoms with Gasteiger partial charge in [-0.1, -0.05) is 31.9 Å². The summed E-state index contributed by atoms with van der Waals surface area (Å²) < 4.78 is 19.9. The van der Waals surface area contributed by atoms with Crippen LogP contribution in [0.1, 0.15) is 21.5 Å². The van der Waals surface area contributed by atoms with E-state index in [-0.39, 0.29) is 11.3 Å². The quantitative estimate of drug-likeness (QED) is 0.683. The van der Waals surface area contributed by atoms with Crippen molar-refractivity contribution in [1.82, 2.24) is 0 Å². The number of ether oxygens (including phenoxy) is 1. The summed E-state index contributed by atoms with van der Waals surface area (Å²) in [5.74, 6) is -0.289. The van der Waals surface area contributed by atoms with Crippen LogP contribution in [-0.4, -0.2) is 12.9 Å². The lowest BCUT2D eigenvalue weighted by Crippen LogP contribution is -2.06. The number of methoxy groups -OCH3 is 1. The summed E-state index contributed by atoms with van der Waals surface area (Å²) in [6, 6.07) is 7.47. The maximum Gasteiger partial charge on any atom is 0.198 e. The fourth-order valence-corrected chi connectivity index (χ4v) is 2.59. The third-order valence-corrected chi connectivity index (χ3v) is 4.44. The Bertz CT molecular complexity index is 684. The molecule has 0 saturated carbocycles. The van der Waals surface area contributed by atoms with Crippen molar-refractivity contribution in [2.45, 2.75) is 6.92 Å². The van der Waals surface area contributed by atoms with Crippen LogP contribution in [0.2, 0.25) is 0 Å². The van der Waals surface area contributed by atoms with Crippen molar-refractivity contribution >= 4 is 37.6 Å². The van der Waals surface area contributed by atoms with Crippen molar-refractivity contribution in [3.8, 4) is 5.75 Å². The lowest BCUT2D eigenvalue weighted by molar-refractivity contribution is 0.103. The van der Waals surface area contributed by atoms with Gasteiger partial charge in [0.05, 0.1) is 12.7 Å². The minimum atomic E-state index is -0.457. The normalized spacial score (nSPS) is 10.4. The molecule has 5 heteroatoms. The van der Waals surface area contributed by atoms with E-state index in [1.54, 1.807) is 12.1 Å². The fourth-order valence-electron chi connectivity index (χ4n) is 1.82. The standard InChI is InChI=1S/C15H11Br2FO2/c1-8-5-14(20-2)11(7-13(8)17)15(19)10-6-9(18)3-4-12(10)16/h3-7H,1-2H3. The molecule has 2 rings (SSSR count). The molecule has 20 heavy (non-hydrogen) atoms. The van der Waals surface area contributed by atoms with Crippen molar-refractivity contribution in [2.75, 3.05) is 7.11 Å². The zero-order valence-corrected chi connectivity index (χ0v) is 14.0. The van der Waals surface area contributed by atoms with E-state index in [4.69, 9.17) is 4.74 Å². The Morgan fingerprint density at radius 3 is 2.45 bits per heavy atom. The molecule has 0 atom stereocenters. The summed E-state index contributed by atoms with van der Waals surface area (Å²) in [5.41, 5.74) is 1.60. The van der Waals surface area contributed by atoms with Gasteiger partial charge in [-0.15, -0.1) is 0 Å². The Hall–Kier alpha value is -1.20. The van der Waals surface area contributed by atoms with Gasteiger partial charge in [-0.3, -0.25) is 4.79 Å². The predicted molar refractivity (Wildman–Crippen MR) is 83.0 cm³/mol. The second-order valence-corrected chi connectivity index (χ2v) is 5.96. The summed E-state index contributed by atoms with van der Waals surface area (Å²) in [5, 5.41) is 0. The molecule has 0 saturated heterocycles. The molecular weight excluding hydrogens is 391 g/mol. The summed E-state index contributed by atoms with van der Waals surface area (Å²) in [6.45, 7) is 1.90. The summed E-state index contributed by atoms with van der Waals surface area (Å²) >= 11 is 6.66. The first-order chi connectivity index (χ1) is 9.43. The van der Waals surface area contributed by atoms with Crippen LogP contribution in [0.5, 0.6) is 5.75 Å². The van der Waals surface area contributed by atoms with E-state index in [0.29, 0.717) is 15.8 Å². The highest BCUT2D eigenvalue weighted by Gasteiger charge is 2.19. The molecule has 0 heterocycles. The van der Waals surface area contributed by atoms with E-state index in [2.05, 4.69) is 31.9 Å². The summed E-state index contributed by atoms with van der Waals surface area (Å²) in [7, 11) is 1.50. The SMILES string of the molecule is COc1cc(C)c(Br)cc1C(=O)c1cc(F)ccc1Br. The molecule has 0 N–H and O–H groups in total. The third kappa shape index (κ3) is 2.94. The molecule has 2 aromatic rings. The third-order valence-electron chi connectivity index (χ3n) is 2.90. The van der Waals surface area contributed by atoms with E-state index < -0.39 is 5.82 Å². The number of hydrogen-bond acceptors (Lipinski definition) is 2. The van der Waals surface area contributed by atoms with Gasteiger partial charge in [-0.05, 0) is 42.8 Å². The number of aryl methyl sites for hydroxylation is 1. The van der Waals surface area contributed by atoms with E-state index in [1.807, 2.05) is 6.92 Å². The van der Waals surface area contributed by atoms with Gasteiger partial charge < -0.3 is 4.74 Å². The molecule has 0 aliphatic heterocycles. The van der Waals surface area contributed by atoms with Crippen molar-refractivity contribution in [2.24, 2.45) is 0 Å². The van der Waals surface area contributed by atoms with Gasteiger partial charge in [-0.2, -0.15) is 0 Å². The molecule has 0 bridgehead atoms. The lowest BCUT2D eigenvalue weighted by atomic mass is 10.0. The molecule has 2 nitrogen and oxygen atoms in total. The van der Waals surface area contributed by atoms with Crippen LogP contribution < -0.4 is 4.74 Å². The summed E-state index contributed by atoms with van der Waals surface area (Å²) in [4.78, 5) is 12.6. The molecule has 0 radical (unpaired) electrons. The summed E-state index contributed by atoms with van der Waals surface area (Å²) in [6.07, 6.45) is 0. The van der Waals surface area contributed by atoms with E-state index in [1.165, 1.54) is 25.3 Å². The highest BCUT2D eigenvalue weighted by atomic mass is 79.9. The number of rotatable bonds is 3. The second-order valence-electron chi connectivity index (χ2n) is 4.25. The zero-order valence-electron chi connectivity index (χ0n) is 10.8. The minimum absolute atomic E-state index is 0.263. The van der Waals surface area contributed by atoms with Gasteiger partial charge in [0.2, 0.25) is 0 Å². The first-order valence-electron chi connectivity index (χ1n) is 5.78. The van der Waals surface area contributed by atoms with Crippen LogP contribution in [0.3, 0.4) is 0 Å². The Morgan fingerprint density at radius 2 is 1.80 bits per heavy atom. The van der Waals surface area contributed by atoms with E-state index in [0.717, 1.165) is 10.0 Å². The Kier molecular flexibility index (Phi) is 4.60. The number of ketones is 1. The predicted octanol–water partition coefficient (Wildman–Crippen LogP) is 4.90. The Labute approximate surface area is 133 Å². The van der Waals surface area contributed by atoms with Crippen LogP contribution in [0.25, 0.3) is 0 Å². The van der Waals surface area contributed by atoms with Crippen LogP contribution in [-0.2, 0) is 0 Å². The molecule has 104 valence electrons. The average molecular weight is 402 g/mol. The van der Waals surface area contributed by atoms with Crippen LogP contribution in [0, 0.1) is 12.7 Å². The van der Waals surface area contributed by atoms with Gasteiger partial charge >= 0.3 is 0 Å². The largest absolute Gasteiger partial charge is 0.496 e. The lowest BCUT2D eigenvalue weighted by Gasteiger charge is -2.11. The molecule has 0 unspecified atom stereocenters. The molecule has 0 aliphatic carbocycles. The molecule has 0 spiro atoms. The topological polar surface area (TPSA) is 26.3 Å². The van der Waals surface area contributed by atoms with Crippen LogP contribution >= 0.6 is 31.9 Å². The number of hydrogen-bond donors (Lipinski definition) is 0. The molecule has 2 aromatic carbocycles. The average Bonchev–Trinajstić information content (AvgIpc) is 2.43. The van der Waals surface area contributed by atoms with Gasteiger partial charge in [0.25, 0.3) is 0 Å². The van der Waals surface area contributed by atoms with Crippen LogP contribution in [0.15, 0.2) is 39.3 Å². The first-order valence-corrected chi connectivity index (χ1v) is 7.36. The Morgan fingerprint density at radius 1 is 1.10 bits per heavy atom. The number of carbonyl (C=O) groups excluding carboxylic acids is 1. The number of benzene rings is 2. The smallest absolute Gasteiger partial charge is 0.198 e. The maximum absolute atomic E-state index is 13.3. The van der Waals surface area contributed by atoms with Crippen molar-refractivity contribution < 1.29 is 13.9 Å². The van der Waals surface area contributed by atoms with Gasteiger partial charge in [0.15, 0.2) is 5.78 Å². The zero-order chi connectivity index (χ0) is 14.9. The fraction of sp³-hybridized carbons (Fsp3) is 0.133. The maximum atomic E-state index is 13.3. The second kappa shape index (κ2) is 6.06. The minimum Gasteiger partial charge on any atom is -0.496 e. The molecule has 0 aromatic heterocycles. The molecule has 0 aliphatic rings.